The van der Waals surface area contributed by atoms with Gasteiger partial charge in [-0.1, -0.05) is 26.0 Å². The zero-order chi connectivity index (χ0) is 18.4. The number of nitrogens with two attached hydrogens (primary N) is 1. The van der Waals surface area contributed by atoms with Crippen LogP contribution >= 0.6 is 12.4 Å². The van der Waals surface area contributed by atoms with Crippen molar-refractivity contribution >= 4 is 30.3 Å². The van der Waals surface area contributed by atoms with Crippen LogP contribution in [0.5, 0.6) is 0 Å². The predicted octanol–water partition coefficient (Wildman–Crippen LogP) is 1.36. The number of halogens is 1. The Bertz CT molecular complexity index is 734. The lowest BCUT2D eigenvalue weighted by atomic mass is 9.79. The highest BCUT2D eigenvalue weighted by Gasteiger charge is 2.43. The molecule has 2 aliphatic rings. The van der Waals surface area contributed by atoms with E-state index in [0.717, 1.165) is 6.42 Å². The fourth-order valence-electron chi connectivity index (χ4n) is 3.42. The molecule has 1 aromatic carbocycles. The van der Waals surface area contributed by atoms with Gasteiger partial charge in [-0.2, -0.15) is 0 Å². The van der Waals surface area contributed by atoms with Crippen LogP contribution < -0.4 is 16.4 Å². The smallest absolute Gasteiger partial charge is 0.322 e. The quantitative estimate of drug-likeness (QED) is 0.674. The van der Waals surface area contributed by atoms with Gasteiger partial charge in [-0.15, -0.1) is 12.4 Å². The van der Waals surface area contributed by atoms with Crippen molar-refractivity contribution in [3.8, 4) is 0 Å². The molecule has 2 heterocycles. The molecule has 2 saturated heterocycles. The van der Waals surface area contributed by atoms with Crippen LogP contribution in [0.1, 0.15) is 43.1 Å². The van der Waals surface area contributed by atoms with Crippen LogP contribution in [0.4, 0.5) is 4.79 Å². The van der Waals surface area contributed by atoms with E-state index in [0.29, 0.717) is 24.2 Å². The minimum atomic E-state index is -1.11. The van der Waals surface area contributed by atoms with E-state index in [9.17, 15) is 14.4 Å². The molecule has 2 unspecified atom stereocenters. The number of nitrogens with one attached hydrogen (secondary N) is 2. The fourth-order valence-corrected chi connectivity index (χ4v) is 3.42. The molecule has 0 radical (unpaired) electrons. The average molecular weight is 381 g/mol. The Kier molecular flexibility index (Phi) is 5.35. The van der Waals surface area contributed by atoms with Crippen LogP contribution in [0.15, 0.2) is 24.3 Å². The first-order valence-electron chi connectivity index (χ1n) is 8.42. The molecular formula is C18H25ClN4O3. The maximum absolute atomic E-state index is 12.8. The summed E-state index contributed by atoms with van der Waals surface area (Å²) in [7, 11) is 0. The standard InChI is InChI=1S/C18H24N4O3.ClH/c1-17(2)10-22(9-8-13(17)19)14(23)11-4-6-12(7-5-11)18(3)15(24)20-16(25)21-18;/h4-7,13H,8-10,19H2,1-3H3,(H2,20,21,24,25);1H. The molecule has 2 aliphatic heterocycles. The van der Waals surface area contributed by atoms with Gasteiger partial charge in [-0.05, 0) is 36.5 Å². The van der Waals surface area contributed by atoms with Crippen molar-refractivity contribution in [3.63, 3.8) is 0 Å². The summed E-state index contributed by atoms with van der Waals surface area (Å²) in [6.45, 7) is 7.04. The van der Waals surface area contributed by atoms with Crippen LogP contribution in [-0.2, 0) is 10.3 Å². The number of benzene rings is 1. The first kappa shape index (κ1) is 20.2. The summed E-state index contributed by atoms with van der Waals surface area (Å²) in [6, 6.07) is 6.38. The maximum atomic E-state index is 12.8. The van der Waals surface area contributed by atoms with Gasteiger partial charge in [0.05, 0.1) is 0 Å². The monoisotopic (exact) mass is 380 g/mol. The summed E-state index contributed by atoms with van der Waals surface area (Å²) in [5, 5.41) is 4.85. The molecular weight excluding hydrogens is 356 g/mol. The fraction of sp³-hybridized carbons (Fsp3) is 0.500. The zero-order valence-electron chi connectivity index (χ0n) is 15.2. The third-order valence-corrected chi connectivity index (χ3v) is 5.35. The van der Waals surface area contributed by atoms with Crippen molar-refractivity contribution in [1.82, 2.24) is 15.5 Å². The van der Waals surface area contributed by atoms with E-state index in [1.807, 2.05) is 4.90 Å². The van der Waals surface area contributed by atoms with E-state index in [2.05, 4.69) is 24.5 Å². The van der Waals surface area contributed by atoms with Gasteiger partial charge in [0, 0.05) is 24.7 Å². The highest BCUT2D eigenvalue weighted by molar-refractivity contribution is 6.07. The highest BCUT2D eigenvalue weighted by atomic mass is 35.5. The van der Waals surface area contributed by atoms with Crippen molar-refractivity contribution in [2.45, 2.75) is 38.8 Å². The molecule has 0 saturated carbocycles. The van der Waals surface area contributed by atoms with E-state index >= 15 is 0 Å². The molecule has 142 valence electrons. The van der Waals surface area contributed by atoms with E-state index in [1.165, 1.54) is 0 Å². The van der Waals surface area contributed by atoms with Gasteiger partial charge < -0.3 is 16.0 Å². The Hall–Kier alpha value is -2.12. The Labute approximate surface area is 159 Å². The SMILES string of the molecule is CC1(c2ccc(C(=O)N3CCC(N)C(C)(C)C3)cc2)NC(=O)NC1=O.Cl. The molecule has 2 fully saturated rings. The molecule has 3 rings (SSSR count). The molecule has 4 amide bonds. The van der Waals surface area contributed by atoms with Crippen molar-refractivity contribution in [2.75, 3.05) is 13.1 Å². The van der Waals surface area contributed by atoms with Gasteiger partial charge >= 0.3 is 6.03 Å². The van der Waals surface area contributed by atoms with Crippen LogP contribution in [0.25, 0.3) is 0 Å². The number of imide groups is 1. The first-order valence-corrected chi connectivity index (χ1v) is 8.42. The van der Waals surface area contributed by atoms with Gasteiger partial charge in [-0.25, -0.2) is 4.79 Å². The molecule has 0 aromatic heterocycles. The van der Waals surface area contributed by atoms with Gasteiger partial charge in [-0.3, -0.25) is 14.9 Å². The van der Waals surface area contributed by atoms with E-state index in [1.54, 1.807) is 31.2 Å². The summed E-state index contributed by atoms with van der Waals surface area (Å²) in [5.74, 6) is -0.445. The second-order valence-electron chi connectivity index (χ2n) is 7.72. The van der Waals surface area contributed by atoms with Gasteiger partial charge in [0.2, 0.25) is 0 Å². The molecule has 8 heteroatoms. The first-order chi connectivity index (χ1) is 11.6. The topological polar surface area (TPSA) is 105 Å². The van der Waals surface area contributed by atoms with Gasteiger partial charge in [0.1, 0.15) is 5.54 Å². The second-order valence-corrected chi connectivity index (χ2v) is 7.72. The minimum Gasteiger partial charge on any atom is -0.338 e. The van der Waals surface area contributed by atoms with E-state index in [-0.39, 0.29) is 29.8 Å². The molecule has 7 nitrogen and oxygen atoms in total. The number of rotatable bonds is 2. The number of likely N-dealkylation sites (tertiary alicyclic amines) is 1. The number of carbonyl (C=O) groups is 3. The Morgan fingerprint density at radius 2 is 1.81 bits per heavy atom. The van der Waals surface area contributed by atoms with Crippen LogP contribution in [0, 0.1) is 5.41 Å². The molecule has 0 bridgehead atoms. The van der Waals surface area contributed by atoms with Crippen LogP contribution in [0.3, 0.4) is 0 Å². The summed E-state index contributed by atoms with van der Waals surface area (Å²) in [4.78, 5) is 38.0. The number of carbonyl (C=O) groups excluding carboxylic acids is 3. The minimum absolute atomic E-state index is 0. The number of hydrogen-bond donors (Lipinski definition) is 3. The Morgan fingerprint density at radius 3 is 2.31 bits per heavy atom. The largest absolute Gasteiger partial charge is 0.338 e. The van der Waals surface area contributed by atoms with Crippen molar-refractivity contribution in [1.29, 1.82) is 0 Å². The molecule has 1 aromatic rings. The van der Waals surface area contributed by atoms with Crippen LogP contribution in [0.2, 0.25) is 0 Å². The highest BCUT2D eigenvalue weighted by Crippen LogP contribution is 2.29. The Morgan fingerprint density at radius 1 is 1.19 bits per heavy atom. The zero-order valence-corrected chi connectivity index (χ0v) is 16.0. The summed E-state index contributed by atoms with van der Waals surface area (Å²) in [6.07, 6.45) is 0.779. The molecule has 0 aliphatic carbocycles. The lowest BCUT2D eigenvalue weighted by Crippen LogP contribution is -2.54. The maximum Gasteiger partial charge on any atom is 0.322 e. The van der Waals surface area contributed by atoms with Gasteiger partial charge in [0.25, 0.3) is 11.8 Å². The average Bonchev–Trinajstić information content (AvgIpc) is 2.83. The third kappa shape index (κ3) is 3.41. The lowest BCUT2D eigenvalue weighted by Gasteiger charge is -2.42. The molecule has 2 atom stereocenters. The van der Waals surface area contributed by atoms with Crippen molar-refractivity contribution in [3.05, 3.63) is 35.4 Å². The lowest BCUT2D eigenvalue weighted by molar-refractivity contribution is -0.123. The molecule has 4 N–H and O–H groups in total. The van der Waals surface area contributed by atoms with Crippen LogP contribution in [-0.4, -0.2) is 41.9 Å². The third-order valence-electron chi connectivity index (χ3n) is 5.35. The summed E-state index contributed by atoms with van der Waals surface area (Å²) < 4.78 is 0. The predicted molar refractivity (Wildman–Crippen MR) is 100.0 cm³/mol. The molecule has 0 spiro atoms. The Balaban J connectivity index is 0.00000243. The number of nitrogens with zero attached hydrogens (tertiary/aromatic N) is 1. The van der Waals surface area contributed by atoms with E-state index < -0.39 is 17.5 Å². The number of urea groups is 1. The van der Waals surface area contributed by atoms with Gasteiger partial charge in [0.15, 0.2) is 0 Å². The number of hydrogen-bond acceptors (Lipinski definition) is 4. The number of piperidine rings is 1. The molecule has 26 heavy (non-hydrogen) atoms. The summed E-state index contributed by atoms with van der Waals surface area (Å²) in [5.41, 5.74) is 6.09. The number of amides is 4. The second kappa shape index (κ2) is 6.89. The van der Waals surface area contributed by atoms with Crippen molar-refractivity contribution in [2.24, 2.45) is 11.1 Å². The van der Waals surface area contributed by atoms with E-state index in [4.69, 9.17) is 5.73 Å². The van der Waals surface area contributed by atoms with Crippen molar-refractivity contribution < 1.29 is 14.4 Å². The normalized spacial score (nSPS) is 27.4. The summed E-state index contributed by atoms with van der Waals surface area (Å²) >= 11 is 0.